The highest BCUT2D eigenvalue weighted by Crippen LogP contribution is 2.30. The lowest BCUT2D eigenvalue weighted by atomic mass is 10.0. The van der Waals surface area contributed by atoms with E-state index in [4.69, 9.17) is 4.74 Å². The predicted molar refractivity (Wildman–Crippen MR) is 115 cm³/mol. The number of amides is 1. The van der Waals surface area contributed by atoms with Gasteiger partial charge in [-0.1, -0.05) is 30.3 Å². The second-order valence-electron chi connectivity index (χ2n) is 6.87. The van der Waals surface area contributed by atoms with Gasteiger partial charge in [-0.2, -0.15) is 0 Å². The van der Waals surface area contributed by atoms with E-state index in [1.807, 2.05) is 6.07 Å². The normalized spacial score (nSPS) is 11.2. The molecule has 1 heterocycles. The Hall–Kier alpha value is -3.39. The van der Waals surface area contributed by atoms with Gasteiger partial charge >= 0.3 is 5.97 Å². The highest BCUT2D eigenvalue weighted by molar-refractivity contribution is 7.92. The molecule has 3 rings (SSSR count). The second kappa shape index (κ2) is 8.16. The van der Waals surface area contributed by atoms with Crippen molar-refractivity contribution in [2.45, 2.75) is 6.92 Å². The number of ether oxygens (including phenoxy) is 1. The summed E-state index contributed by atoms with van der Waals surface area (Å²) in [6.45, 7) is 1.75. The Labute approximate surface area is 175 Å². The Kier molecular flexibility index (Phi) is 5.80. The molecule has 7 nitrogen and oxygen atoms in total. The first-order valence-electron chi connectivity index (χ1n) is 9.09. The van der Waals surface area contributed by atoms with Crippen LogP contribution in [-0.2, 0) is 21.8 Å². The SMILES string of the molecule is COC(=O)c1cccc(-c2c(C)c(C(=O)N(c3ccccc3)S(C)(=O)=O)cn2C)c1. The lowest BCUT2D eigenvalue weighted by Gasteiger charge is -2.20. The van der Waals surface area contributed by atoms with Crippen molar-refractivity contribution in [1.82, 2.24) is 4.57 Å². The highest BCUT2D eigenvalue weighted by Gasteiger charge is 2.29. The highest BCUT2D eigenvalue weighted by atomic mass is 32.2. The van der Waals surface area contributed by atoms with Crippen molar-refractivity contribution in [3.63, 3.8) is 0 Å². The zero-order valence-electron chi connectivity index (χ0n) is 17.1. The van der Waals surface area contributed by atoms with Crippen LogP contribution in [0.4, 0.5) is 5.69 Å². The number of rotatable bonds is 5. The molecule has 1 aromatic heterocycles. The molecule has 0 spiro atoms. The maximum Gasteiger partial charge on any atom is 0.337 e. The predicted octanol–water partition coefficient (Wildman–Crippen LogP) is 3.39. The minimum absolute atomic E-state index is 0.255. The first-order chi connectivity index (χ1) is 14.1. The van der Waals surface area contributed by atoms with E-state index in [2.05, 4.69) is 0 Å². The number of hydrogen-bond acceptors (Lipinski definition) is 5. The van der Waals surface area contributed by atoms with E-state index >= 15 is 0 Å². The minimum Gasteiger partial charge on any atom is -0.465 e. The first-order valence-corrected chi connectivity index (χ1v) is 10.9. The van der Waals surface area contributed by atoms with E-state index in [-0.39, 0.29) is 11.3 Å². The van der Waals surface area contributed by atoms with Gasteiger partial charge in [-0.15, -0.1) is 0 Å². The van der Waals surface area contributed by atoms with Crippen LogP contribution < -0.4 is 4.31 Å². The molecule has 0 unspecified atom stereocenters. The van der Waals surface area contributed by atoms with Crippen LogP contribution in [0.3, 0.4) is 0 Å². The van der Waals surface area contributed by atoms with Crippen molar-refractivity contribution < 1.29 is 22.7 Å². The van der Waals surface area contributed by atoms with Gasteiger partial charge in [0, 0.05) is 13.2 Å². The number of benzene rings is 2. The van der Waals surface area contributed by atoms with Gasteiger partial charge in [-0.05, 0) is 42.3 Å². The molecule has 0 aliphatic heterocycles. The summed E-state index contributed by atoms with van der Waals surface area (Å²) in [5, 5.41) is 0. The molecule has 0 fully saturated rings. The largest absolute Gasteiger partial charge is 0.465 e. The number of methoxy groups -OCH3 is 1. The van der Waals surface area contributed by atoms with Crippen LogP contribution in [0.2, 0.25) is 0 Å². The zero-order chi connectivity index (χ0) is 22.1. The molecule has 2 aromatic carbocycles. The second-order valence-corrected chi connectivity index (χ2v) is 8.70. The molecular weight excluding hydrogens is 404 g/mol. The van der Waals surface area contributed by atoms with Crippen LogP contribution in [0.1, 0.15) is 26.3 Å². The van der Waals surface area contributed by atoms with E-state index in [0.29, 0.717) is 22.4 Å². The molecule has 0 atom stereocenters. The lowest BCUT2D eigenvalue weighted by Crippen LogP contribution is -2.36. The summed E-state index contributed by atoms with van der Waals surface area (Å²) in [5.41, 5.74) is 2.92. The molecule has 156 valence electrons. The van der Waals surface area contributed by atoms with Crippen LogP contribution in [0, 0.1) is 6.92 Å². The number of esters is 1. The van der Waals surface area contributed by atoms with Crippen LogP contribution in [0.5, 0.6) is 0 Å². The van der Waals surface area contributed by atoms with E-state index in [1.165, 1.54) is 7.11 Å². The van der Waals surface area contributed by atoms with Crippen molar-refractivity contribution in [3.8, 4) is 11.3 Å². The first kappa shape index (κ1) is 21.3. The zero-order valence-corrected chi connectivity index (χ0v) is 17.9. The van der Waals surface area contributed by atoms with Crippen LogP contribution in [0.25, 0.3) is 11.3 Å². The summed E-state index contributed by atoms with van der Waals surface area (Å²) in [4.78, 5) is 25.2. The third-order valence-corrected chi connectivity index (χ3v) is 5.77. The van der Waals surface area contributed by atoms with Gasteiger partial charge in [-0.25, -0.2) is 17.5 Å². The lowest BCUT2D eigenvalue weighted by molar-refractivity contribution is 0.0600. The molecular formula is C22H22N2O5S. The Morgan fingerprint density at radius 1 is 1.03 bits per heavy atom. The monoisotopic (exact) mass is 426 g/mol. The Bertz CT molecular complexity index is 1210. The molecule has 30 heavy (non-hydrogen) atoms. The fraction of sp³-hybridized carbons (Fsp3) is 0.182. The number of para-hydroxylation sites is 1. The fourth-order valence-electron chi connectivity index (χ4n) is 3.43. The van der Waals surface area contributed by atoms with Gasteiger partial charge in [0.05, 0.1) is 35.9 Å². The maximum absolute atomic E-state index is 13.3. The summed E-state index contributed by atoms with van der Waals surface area (Å²) >= 11 is 0. The molecule has 0 aliphatic carbocycles. The number of sulfonamides is 1. The van der Waals surface area contributed by atoms with Crippen molar-refractivity contribution >= 4 is 27.6 Å². The van der Waals surface area contributed by atoms with Gasteiger partial charge in [-0.3, -0.25) is 4.79 Å². The number of anilines is 1. The van der Waals surface area contributed by atoms with Gasteiger partial charge in [0.1, 0.15) is 0 Å². The number of aromatic nitrogens is 1. The van der Waals surface area contributed by atoms with E-state index in [0.717, 1.165) is 10.6 Å². The number of hydrogen-bond donors (Lipinski definition) is 0. The molecule has 0 bridgehead atoms. The van der Waals surface area contributed by atoms with Gasteiger partial charge in [0.25, 0.3) is 5.91 Å². The third kappa shape index (κ3) is 3.99. The van der Waals surface area contributed by atoms with Gasteiger partial charge < -0.3 is 9.30 Å². The Morgan fingerprint density at radius 3 is 2.30 bits per heavy atom. The van der Waals surface area contributed by atoms with Crippen LogP contribution in [-0.4, -0.2) is 38.2 Å². The third-order valence-electron chi connectivity index (χ3n) is 4.73. The molecule has 0 saturated heterocycles. The summed E-state index contributed by atoms with van der Waals surface area (Å²) < 4.78 is 32.2. The van der Waals surface area contributed by atoms with Crippen LogP contribution in [0.15, 0.2) is 60.8 Å². The average Bonchev–Trinajstić information content (AvgIpc) is 3.01. The summed E-state index contributed by atoms with van der Waals surface area (Å²) in [7, 11) is -0.789. The minimum atomic E-state index is -3.86. The summed E-state index contributed by atoms with van der Waals surface area (Å²) in [5.74, 6) is -1.11. The maximum atomic E-state index is 13.3. The number of nitrogens with zero attached hydrogens (tertiary/aromatic N) is 2. The Morgan fingerprint density at radius 2 is 1.70 bits per heavy atom. The molecule has 8 heteroatoms. The fourth-order valence-corrected chi connectivity index (χ4v) is 4.33. The standard InChI is InChI=1S/C22H22N2O5S/c1-15-19(21(25)24(30(4,27)28)18-11-6-5-7-12-18)14-23(2)20(15)16-9-8-10-17(13-16)22(26)29-3/h5-14H,1-4H3. The molecule has 1 amide bonds. The van der Waals surface area contributed by atoms with Crippen molar-refractivity contribution in [2.75, 3.05) is 17.7 Å². The molecule has 0 N–H and O–H groups in total. The van der Waals surface area contributed by atoms with Gasteiger partial charge in [0.15, 0.2) is 0 Å². The average molecular weight is 426 g/mol. The quantitative estimate of drug-likeness (QED) is 0.584. The molecule has 0 radical (unpaired) electrons. The number of aryl methyl sites for hydroxylation is 1. The van der Waals surface area contributed by atoms with Crippen molar-refractivity contribution in [3.05, 3.63) is 77.5 Å². The topological polar surface area (TPSA) is 85.7 Å². The van der Waals surface area contributed by atoms with E-state index in [9.17, 15) is 18.0 Å². The summed E-state index contributed by atoms with van der Waals surface area (Å²) in [6.07, 6.45) is 2.59. The molecule has 0 saturated carbocycles. The Balaban J connectivity index is 2.11. The number of carbonyl (C=O) groups is 2. The summed E-state index contributed by atoms with van der Waals surface area (Å²) in [6, 6.07) is 15.1. The van der Waals surface area contributed by atoms with Crippen molar-refractivity contribution in [1.29, 1.82) is 0 Å². The van der Waals surface area contributed by atoms with E-state index in [1.54, 1.807) is 73.3 Å². The van der Waals surface area contributed by atoms with Crippen molar-refractivity contribution in [2.24, 2.45) is 7.05 Å². The molecule has 3 aromatic rings. The molecule has 0 aliphatic rings. The van der Waals surface area contributed by atoms with Crippen LogP contribution >= 0.6 is 0 Å². The number of carbonyl (C=O) groups excluding carboxylic acids is 2. The van der Waals surface area contributed by atoms with Gasteiger partial charge in [0.2, 0.25) is 10.0 Å². The van der Waals surface area contributed by atoms with E-state index < -0.39 is 21.9 Å². The smallest absolute Gasteiger partial charge is 0.337 e.